The van der Waals surface area contributed by atoms with Crippen molar-refractivity contribution < 1.29 is 9.90 Å². The lowest BCUT2D eigenvalue weighted by Crippen LogP contribution is -2.26. The maximum Gasteiger partial charge on any atom is 0.303 e. The van der Waals surface area contributed by atoms with Crippen molar-refractivity contribution in [3.63, 3.8) is 0 Å². The lowest BCUT2D eigenvalue weighted by Gasteiger charge is -2.13. The first-order valence-corrected chi connectivity index (χ1v) is 9.19. The molecule has 0 amide bonds. The van der Waals surface area contributed by atoms with E-state index in [0.717, 1.165) is 48.1 Å². The number of carboxylic acid groups (broad SMARTS) is 1. The van der Waals surface area contributed by atoms with Gasteiger partial charge in [-0.1, -0.05) is 6.92 Å². The fraction of sp³-hybridized carbons (Fsp3) is 0.588. The van der Waals surface area contributed by atoms with Crippen LogP contribution in [-0.2, 0) is 30.6 Å². The van der Waals surface area contributed by atoms with Gasteiger partial charge < -0.3 is 5.11 Å². The molecule has 0 aliphatic heterocycles. The van der Waals surface area contributed by atoms with E-state index in [2.05, 4.69) is 6.92 Å². The van der Waals surface area contributed by atoms with Gasteiger partial charge in [0.05, 0.1) is 5.39 Å². The monoisotopic (exact) mass is 334 g/mol. The molecule has 1 aliphatic rings. The van der Waals surface area contributed by atoms with E-state index in [0.29, 0.717) is 13.0 Å². The normalized spacial score (nSPS) is 14.1. The van der Waals surface area contributed by atoms with Crippen molar-refractivity contribution in [1.29, 1.82) is 0 Å². The molecule has 6 heteroatoms. The summed E-state index contributed by atoms with van der Waals surface area (Å²) in [6.45, 7) is 2.51. The number of carboxylic acids is 1. The predicted molar refractivity (Wildman–Crippen MR) is 91.4 cm³/mol. The third-order valence-corrected chi connectivity index (χ3v) is 5.59. The Morgan fingerprint density at radius 3 is 2.87 bits per heavy atom. The Balaban J connectivity index is 2.07. The van der Waals surface area contributed by atoms with Crippen LogP contribution in [0.25, 0.3) is 10.2 Å². The number of carbonyl (C=O) groups is 1. The zero-order valence-electron chi connectivity index (χ0n) is 13.4. The molecule has 1 N–H and O–H groups in total. The second kappa shape index (κ2) is 6.83. The molecule has 0 spiro atoms. The van der Waals surface area contributed by atoms with E-state index in [-0.39, 0.29) is 12.0 Å². The molecule has 5 nitrogen and oxygen atoms in total. The Kier molecular flexibility index (Phi) is 4.80. The molecule has 0 fully saturated rings. The smallest absolute Gasteiger partial charge is 0.303 e. The van der Waals surface area contributed by atoms with E-state index >= 15 is 0 Å². The molecule has 1 aliphatic carbocycles. The predicted octanol–water partition coefficient (Wildman–Crippen LogP) is 3.15. The Hall–Kier alpha value is -1.69. The van der Waals surface area contributed by atoms with Gasteiger partial charge in [0.15, 0.2) is 0 Å². The number of rotatable bonds is 6. The summed E-state index contributed by atoms with van der Waals surface area (Å²) >= 11 is 1.67. The average molecular weight is 334 g/mol. The quantitative estimate of drug-likeness (QED) is 0.881. The van der Waals surface area contributed by atoms with Gasteiger partial charge in [0, 0.05) is 24.3 Å². The number of nitrogens with zero attached hydrogens (tertiary/aromatic N) is 2. The van der Waals surface area contributed by atoms with Crippen molar-refractivity contribution in [3.05, 3.63) is 26.6 Å². The van der Waals surface area contributed by atoms with Crippen LogP contribution < -0.4 is 5.56 Å². The maximum atomic E-state index is 13.0. The summed E-state index contributed by atoms with van der Waals surface area (Å²) in [4.78, 5) is 30.7. The zero-order chi connectivity index (χ0) is 16.4. The van der Waals surface area contributed by atoms with Crippen LogP contribution in [0.15, 0.2) is 4.79 Å². The SMILES string of the molecule is CCCc1nc2sc3c(c2c(=O)n1CCCC(=O)O)CCCC3. The topological polar surface area (TPSA) is 72.2 Å². The minimum absolute atomic E-state index is 0.0308. The minimum atomic E-state index is -0.822. The van der Waals surface area contributed by atoms with Gasteiger partial charge in [0.2, 0.25) is 0 Å². The minimum Gasteiger partial charge on any atom is -0.481 e. The molecule has 0 radical (unpaired) electrons. The van der Waals surface area contributed by atoms with E-state index in [4.69, 9.17) is 10.1 Å². The van der Waals surface area contributed by atoms with E-state index in [9.17, 15) is 9.59 Å². The van der Waals surface area contributed by atoms with E-state index in [1.807, 2.05) is 0 Å². The highest BCUT2D eigenvalue weighted by molar-refractivity contribution is 7.18. The first-order chi connectivity index (χ1) is 11.1. The molecule has 3 rings (SSSR count). The van der Waals surface area contributed by atoms with E-state index < -0.39 is 5.97 Å². The van der Waals surface area contributed by atoms with Gasteiger partial charge in [-0.2, -0.15) is 0 Å². The lowest BCUT2D eigenvalue weighted by atomic mass is 9.97. The van der Waals surface area contributed by atoms with Crippen molar-refractivity contribution in [3.8, 4) is 0 Å². The first-order valence-electron chi connectivity index (χ1n) is 8.37. The summed E-state index contributed by atoms with van der Waals surface area (Å²) in [5.74, 6) is -0.0222. The molecule has 23 heavy (non-hydrogen) atoms. The van der Waals surface area contributed by atoms with Crippen LogP contribution in [0.3, 0.4) is 0 Å². The fourth-order valence-corrected chi connectivity index (χ4v) is 4.58. The highest BCUT2D eigenvalue weighted by atomic mass is 32.1. The van der Waals surface area contributed by atoms with Crippen LogP contribution in [0.1, 0.15) is 55.3 Å². The summed E-state index contributed by atoms with van der Waals surface area (Å²) in [7, 11) is 0. The van der Waals surface area contributed by atoms with Crippen molar-refractivity contribution >= 4 is 27.5 Å². The number of thiophene rings is 1. The van der Waals surface area contributed by atoms with Crippen LogP contribution in [0.5, 0.6) is 0 Å². The summed E-state index contributed by atoms with van der Waals surface area (Å²) in [6, 6.07) is 0. The number of fused-ring (bicyclic) bond motifs is 3. The van der Waals surface area contributed by atoms with Crippen molar-refractivity contribution in [2.24, 2.45) is 0 Å². The Bertz CT molecular complexity index is 791. The second-order valence-corrected chi connectivity index (χ2v) is 7.21. The number of aromatic nitrogens is 2. The van der Waals surface area contributed by atoms with Gasteiger partial charge in [-0.3, -0.25) is 14.2 Å². The summed E-state index contributed by atoms with van der Waals surface area (Å²) in [6.07, 6.45) is 6.56. The number of aliphatic carboxylic acids is 1. The Morgan fingerprint density at radius 2 is 2.13 bits per heavy atom. The standard InChI is InChI=1S/C17H22N2O3S/c1-2-6-13-18-16-15(11-7-3-4-8-12(11)23-16)17(22)19(13)10-5-9-14(20)21/h2-10H2,1H3,(H,20,21). The summed E-state index contributed by atoms with van der Waals surface area (Å²) in [5, 5.41) is 9.62. The van der Waals surface area contributed by atoms with E-state index in [1.165, 1.54) is 16.9 Å². The van der Waals surface area contributed by atoms with Crippen LogP contribution in [0, 0.1) is 0 Å². The molecule has 0 saturated carbocycles. The number of aryl methyl sites for hydroxylation is 3. The van der Waals surface area contributed by atoms with E-state index in [1.54, 1.807) is 15.9 Å². The Morgan fingerprint density at radius 1 is 1.35 bits per heavy atom. The molecule has 0 aromatic carbocycles. The van der Waals surface area contributed by atoms with Crippen LogP contribution in [-0.4, -0.2) is 20.6 Å². The number of hydrogen-bond donors (Lipinski definition) is 1. The van der Waals surface area contributed by atoms with Gasteiger partial charge in [-0.05, 0) is 44.1 Å². The largest absolute Gasteiger partial charge is 0.481 e. The fourth-order valence-electron chi connectivity index (χ4n) is 3.31. The molecule has 0 atom stereocenters. The molecule has 0 bridgehead atoms. The molecule has 0 saturated heterocycles. The highest BCUT2D eigenvalue weighted by Crippen LogP contribution is 2.33. The van der Waals surface area contributed by atoms with Gasteiger partial charge in [-0.15, -0.1) is 11.3 Å². The molecule has 124 valence electrons. The van der Waals surface area contributed by atoms with Crippen molar-refractivity contribution in [2.75, 3.05) is 0 Å². The molecule has 2 heterocycles. The Labute approximate surface area is 139 Å². The van der Waals surface area contributed by atoms with Gasteiger partial charge in [-0.25, -0.2) is 4.98 Å². The second-order valence-electron chi connectivity index (χ2n) is 6.12. The molecule has 2 aromatic rings. The summed E-state index contributed by atoms with van der Waals surface area (Å²) < 4.78 is 1.72. The van der Waals surface area contributed by atoms with Gasteiger partial charge in [0.25, 0.3) is 5.56 Å². The van der Waals surface area contributed by atoms with Gasteiger partial charge in [0.1, 0.15) is 10.7 Å². The average Bonchev–Trinajstić information content (AvgIpc) is 2.88. The lowest BCUT2D eigenvalue weighted by molar-refractivity contribution is -0.137. The zero-order valence-corrected chi connectivity index (χ0v) is 14.2. The van der Waals surface area contributed by atoms with Crippen LogP contribution in [0.2, 0.25) is 0 Å². The molecule has 0 unspecified atom stereocenters. The van der Waals surface area contributed by atoms with Crippen molar-refractivity contribution in [2.45, 2.75) is 64.8 Å². The molecule has 2 aromatic heterocycles. The van der Waals surface area contributed by atoms with Crippen LogP contribution >= 0.6 is 11.3 Å². The maximum absolute atomic E-state index is 13.0. The molecular weight excluding hydrogens is 312 g/mol. The highest BCUT2D eigenvalue weighted by Gasteiger charge is 2.21. The van der Waals surface area contributed by atoms with Gasteiger partial charge >= 0.3 is 5.97 Å². The number of hydrogen-bond acceptors (Lipinski definition) is 4. The molecular formula is C17H22N2O3S. The first kappa shape index (κ1) is 16.2. The summed E-state index contributed by atoms with van der Waals surface area (Å²) in [5.41, 5.74) is 1.23. The third kappa shape index (κ3) is 3.17. The van der Waals surface area contributed by atoms with Crippen molar-refractivity contribution in [1.82, 2.24) is 9.55 Å². The van der Waals surface area contributed by atoms with Crippen LogP contribution in [0.4, 0.5) is 0 Å². The third-order valence-electron chi connectivity index (χ3n) is 4.40.